The fourth-order valence-electron chi connectivity index (χ4n) is 3.96. The molecule has 1 spiro atoms. The lowest BCUT2D eigenvalue weighted by Crippen LogP contribution is -2.48. The first kappa shape index (κ1) is 14.9. The number of rotatable bonds is 2. The van der Waals surface area contributed by atoms with Crippen LogP contribution in [0.15, 0.2) is 24.3 Å². The van der Waals surface area contributed by atoms with Crippen molar-refractivity contribution in [2.45, 2.75) is 43.0 Å². The van der Waals surface area contributed by atoms with E-state index in [0.717, 1.165) is 31.4 Å². The number of nitrogens with zero attached hydrogens (tertiary/aromatic N) is 2. The Balaban J connectivity index is 1.66. The number of benzene rings is 1. The summed E-state index contributed by atoms with van der Waals surface area (Å²) < 4.78 is 5.15. The SMILES string of the molecule is COc1ccc(N2C(=O)[C@@H]3CSC4(CCCCC4)N3C2=O)cc1. The highest BCUT2D eigenvalue weighted by Crippen LogP contribution is 2.52. The van der Waals surface area contributed by atoms with Crippen molar-refractivity contribution in [2.75, 3.05) is 17.8 Å². The minimum Gasteiger partial charge on any atom is -0.497 e. The molecule has 4 rings (SSSR count). The number of hydrogen-bond acceptors (Lipinski definition) is 4. The number of imide groups is 1. The molecule has 0 N–H and O–H groups in total. The predicted molar refractivity (Wildman–Crippen MR) is 89.8 cm³/mol. The van der Waals surface area contributed by atoms with Gasteiger partial charge in [-0.25, -0.2) is 9.69 Å². The number of urea groups is 1. The number of carbonyl (C=O) groups excluding carboxylic acids is 2. The Kier molecular flexibility index (Phi) is 3.52. The number of ether oxygens (including phenoxy) is 1. The summed E-state index contributed by atoms with van der Waals surface area (Å²) in [5.41, 5.74) is 0.631. The molecule has 0 radical (unpaired) electrons. The third-order valence-corrected chi connectivity index (χ3v) is 6.75. The van der Waals surface area contributed by atoms with Crippen LogP contribution < -0.4 is 9.64 Å². The molecule has 1 aromatic carbocycles. The summed E-state index contributed by atoms with van der Waals surface area (Å²) in [6, 6.07) is 6.66. The van der Waals surface area contributed by atoms with Gasteiger partial charge in [0.25, 0.3) is 5.91 Å². The van der Waals surface area contributed by atoms with Crippen LogP contribution in [0, 0.1) is 0 Å². The fraction of sp³-hybridized carbons (Fsp3) is 0.529. The van der Waals surface area contributed by atoms with Crippen LogP contribution in [0.25, 0.3) is 0 Å². The van der Waals surface area contributed by atoms with Gasteiger partial charge in [0.2, 0.25) is 0 Å². The zero-order chi connectivity index (χ0) is 16.0. The number of anilines is 1. The molecular weight excluding hydrogens is 312 g/mol. The van der Waals surface area contributed by atoms with Crippen molar-refractivity contribution in [2.24, 2.45) is 0 Å². The van der Waals surface area contributed by atoms with Crippen molar-refractivity contribution in [1.29, 1.82) is 0 Å². The molecule has 2 saturated heterocycles. The van der Waals surface area contributed by atoms with Crippen LogP contribution in [0.4, 0.5) is 10.5 Å². The molecule has 1 aromatic rings. The van der Waals surface area contributed by atoms with Gasteiger partial charge in [-0.3, -0.25) is 9.69 Å². The maximum Gasteiger partial charge on any atom is 0.333 e. The number of fused-ring (bicyclic) bond motifs is 2. The largest absolute Gasteiger partial charge is 0.497 e. The summed E-state index contributed by atoms with van der Waals surface area (Å²) in [6.45, 7) is 0. The number of thioether (sulfide) groups is 1. The molecule has 0 bridgehead atoms. The van der Waals surface area contributed by atoms with Crippen LogP contribution in [0.3, 0.4) is 0 Å². The van der Waals surface area contributed by atoms with E-state index in [1.54, 1.807) is 43.1 Å². The van der Waals surface area contributed by atoms with Crippen molar-refractivity contribution < 1.29 is 14.3 Å². The standard InChI is InChI=1S/C17H20N2O3S/c1-22-13-7-5-12(6-8-13)18-15(20)14-11-23-17(19(14)16(18)21)9-3-2-4-10-17/h5-8,14H,2-4,9-11H2,1H3/t14-/m0/s1. The molecule has 3 amide bonds. The minimum atomic E-state index is -0.298. The summed E-state index contributed by atoms with van der Waals surface area (Å²) in [4.78, 5) is 28.9. The minimum absolute atomic E-state index is 0.0879. The van der Waals surface area contributed by atoms with Crippen molar-refractivity contribution in [3.63, 3.8) is 0 Å². The fourth-order valence-corrected chi connectivity index (χ4v) is 5.64. The predicted octanol–water partition coefficient (Wildman–Crippen LogP) is 3.24. The molecule has 0 aromatic heterocycles. The Morgan fingerprint density at radius 2 is 1.83 bits per heavy atom. The van der Waals surface area contributed by atoms with E-state index >= 15 is 0 Å². The van der Waals surface area contributed by atoms with Gasteiger partial charge in [-0.1, -0.05) is 19.3 Å². The lowest BCUT2D eigenvalue weighted by molar-refractivity contribution is -0.119. The Morgan fingerprint density at radius 1 is 1.13 bits per heavy atom. The highest BCUT2D eigenvalue weighted by Gasteiger charge is 2.59. The molecule has 2 aliphatic heterocycles. The number of hydrogen-bond donors (Lipinski definition) is 0. The molecule has 1 saturated carbocycles. The monoisotopic (exact) mass is 332 g/mol. The normalized spacial score (nSPS) is 26.0. The molecule has 5 nitrogen and oxygen atoms in total. The van der Waals surface area contributed by atoms with Crippen LogP contribution in [0.1, 0.15) is 32.1 Å². The molecule has 1 aliphatic carbocycles. The lowest BCUT2D eigenvalue weighted by atomic mass is 9.93. The number of amides is 3. The Morgan fingerprint density at radius 3 is 2.48 bits per heavy atom. The second-order valence-electron chi connectivity index (χ2n) is 6.36. The zero-order valence-corrected chi connectivity index (χ0v) is 14.0. The molecule has 3 fully saturated rings. The summed E-state index contributed by atoms with van der Waals surface area (Å²) >= 11 is 1.81. The van der Waals surface area contributed by atoms with Gasteiger partial charge in [0.1, 0.15) is 11.8 Å². The molecule has 3 aliphatic rings. The van der Waals surface area contributed by atoms with Gasteiger partial charge in [0.15, 0.2) is 0 Å². The van der Waals surface area contributed by atoms with Crippen LogP contribution >= 0.6 is 11.8 Å². The summed E-state index contributed by atoms with van der Waals surface area (Å²) in [5.74, 6) is 1.35. The van der Waals surface area contributed by atoms with Gasteiger partial charge in [0.05, 0.1) is 17.7 Å². The summed E-state index contributed by atoms with van der Waals surface area (Å²) in [6.07, 6.45) is 5.51. The molecule has 6 heteroatoms. The first-order valence-corrected chi connectivity index (χ1v) is 9.10. The third-order valence-electron chi connectivity index (χ3n) is 5.13. The smallest absolute Gasteiger partial charge is 0.333 e. The average molecular weight is 332 g/mol. The maximum absolute atomic E-state index is 13.0. The van der Waals surface area contributed by atoms with Crippen LogP contribution in [-0.4, -0.2) is 40.6 Å². The van der Waals surface area contributed by atoms with Crippen molar-refractivity contribution in [1.82, 2.24) is 4.90 Å². The van der Waals surface area contributed by atoms with Crippen LogP contribution in [0.2, 0.25) is 0 Å². The van der Waals surface area contributed by atoms with Gasteiger partial charge in [-0.05, 0) is 37.1 Å². The lowest BCUT2D eigenvalue weighted by Gasteiger charge is -2.39. The Hall–Kier alpha value is -1.69. The Bertz CT molecular complexity index is 640. The van der Waals surface area contributed by atoms with E-state index in [0.29, 0.717) is 11.4 Å². The first-order valence-electron chi connectivity index (χ1n) is 8.12. The summed E-state index contributed by atoms with van der Waals surface area (Å²) in [7, 11) is 1.60. The first-order chi connectivity index (χ1) is 11.2. The van der Waals surface area contributed by atoms with Gasteiger partial charge >= 0.3 is 6.03 Å². The topological polar surface area (TPSA) is 49.9 Å². The third kappa shape index (κ3) is 2.15. The van der Waals surface area contributed by atoms with E-state index in [-0.39, 0.29) is 22.9 Å². The molecule has 122 valence electrons. The number of carbonyl (C=O) groups is 2. The van der Waals surface area contributed by atoms with E-state index in [4.69, 9.17) is 4.74 Å². The molecule has 0 unspecified atom stereocenters. The highest BCUT2D eigenvalue weighted by atomic mass is 32.2. The summed E-state index contributed by atoms with van der Waals surface area (Å²) in [5, 5.41) is 0. The zero-order valence-electron chi connectivity index (χ0n) is 13.2. The molecule has 23 heavy (non-hydrogen) atoms. The van der Waals surface area contributed by atoms with E-state index < -0.39 is 0 Å². The van der Waals surface area contributed by atoms with E-state index in [2.05, 4.69) is 0 Å². The molecular formula is C17H20N2O3S. The second-order valence-corrected chi connectivity index (χ2v) is 7.74. The van der Waals surface area contributed by atoms with Gasteiger partial charge in [-0.2, -0.15) is 0 Å². The van der Waals surface area contributed by atoms with Gasteiger partial charge < -0.3 is 4.74 Å². The number of methoxy groups -OCH3 is 1. The van der Waals surface area contributed by atoms with E-state index in [1.165, 1.54) is 11.3 Å². The van der Waals surface area contributed by atoms with E-state index in [9.17, 15) is 9.59 Å². The second kappa shape index (κ2) is 5.44. The molecule has 1 atom stereocenters. The quantitative estimate of drug-likeness (QED) is 0.780. The van der Waals surface area contributed by atoms with Crippen molar-refractivity contribution >= 4 is 29.4 Å². The van der Waals surface area contributed by atoms with Gasteiger partial charge in [-0.15, -0.1) is 11.8 Å². The average Bonchev–Trinajstić information content (AvgIpc) is 3.06. The van der Waals surface area contributed by atoms with Crippen molar-refractivity contribution in [3.8, 4) is 5.75 Å². The highest BCUT2D eigenvalue weighted by molar-refractivity contribution is 8.01. The van der Waals surface area contributed by atoms with E-state index in [1.807, 2.05) is 4.90 Å². The maximum atomic E-state index is 13.0. The van der Waals surface area contributed by atoms with Gasteiger partial charge in [0, 0.05) is 5.75 Å². The Labute approximate surface area is 140 Å². The molecule has 2 heterocycles. The van der Waals surface area contributed by atoms with Crippen LogP contribution in [-0.2, 0) is 4.79 Å². The van der Waals surface area contributed by atoms with Crippen LogP contribution in [0.5, 0.6) is 5.75 Å². The van der Waals surface area contributed by atoms with Crippen molar-refractivity contribution in [3.05, 3.63) is 24.3 Å².